The lowest BCUT2D eigenvalue weighted by molar-refractivity contribution is 0.0577. The minimum absolute atomic E-state index is 0.0300. The second kappa shape index (κ2) is 23.3. The van der Waals surface area contributed by atoms with E-state index in [1.165, 1.54) is 83.5 Å². The number of nitrogens with one attached hydrogen (secondary N) is 1. The van der Waals surface area contributed by atoms with E-state index >= 15 is 0 Å². The van der Waals surface area contributed by atoms with Crippen molar-refractivity contribution in [2.45, 2.75) is 103 Å². The molecule has 1 N–H and O–H groups in total. The molecule has 0 bridgehead atoms. The maximum Gasteiger partial charge on any atom is 0.211 e. The highest BCUT2D eigenvalue weighted by Gasteiger charge is 2.15. The minimum atomic E-state index is -3.26. The predicted octanol–water partition coefficient (Wildman–Crippen LogP) is 6.30. The van der Waals surface area contributed by atoms with Crippen LogP contribution in [0.25, 0.3) is 0 Å². The van der Waals surface area contributed by atoms with Crippen LogP contribution in [0.1, 0.15) is 103 Å². The Labute approximate surface area is 198 Å². The Balaban J connectivity index is 3.51. The summed E-state index contributed by atoms with van der Waals surface area (Å²) in [5.41, 5.74) is 0. The number of halogens is 1. The molecule has 0 aromatic heterocycles. The quantitative estimate of drug-likeness (QED) is 0.122. The van der Waals surface area contributed by atoms with Crippen molar-refractivity contribution in [2.75, 3.05) is 45.1 Å². The van der Waals surface area contributed by atoms with Crippen LogP contribution in [0.5, 0.6) is 0 Å². The van der Waals surface area contributed by atoms with E-state index in [0.29, 0.717) is 32.1 Å². The largest absolute Gasteiger partial charge is 0.384 e. The molecule has 0 amide bonds. The molecule has 0 saturated carbocycles. The van der Waals surface area contributed by atoms with Gasteiger partial charge in [-0.05, 0) is 12.8 Å². The fourth-order valence-electron chi connectivity index (χ4n) is 3.61. The topological polar surface area (TPSA) is 64.6 Å². The van der Waals surface area contributed by atoms with Gasteiger partial charge in [0.1, 0.15) is 0 Å². The zero-order valence-electron chi connectivity index (χ0n) is 20.3. The van der Waals surface area contributed by atoms with Gasteiger partial charge in [-0.2, -0.15) is 0 Å². The Kier molecular flexibility index (Phi) is 23.4. The monoisotopic (exact) mass is 483 g/mol. The van der Waals surface area contributed by atoms with E-state index in [2.05, 4.69) is 11.6 Å². The Morgan fingerprint density at radius 3 is 1.77 bits per heavy atom. The molecule has 0 aliphatic heterocycles. The summed E-state index contributed by atoms with van der Waals surface area (Å²) >= 11 is 5.57. The fraction of sp³-hybridized carbons (Fsp3) is 1.00. The zero-order chi connectivity index (χ0) is 23.0. The van der Waals surface area contributed by atoms with Crippen molar-refractivity contribution in [3.63, 3.8) is 0 Å². The number of methoxy groups -OCH3 is 1. The maximum atomic E-state index is 11.9. The zero-order valence-corrected chi connectivity index (χ0v) is 21.9. The van der Waals surface area contributed by atoms with Crippen LogP contribution in [-0.2, 0) is 19.5 Å². The molecular formula is C24H50ClNO4S. The van der Waals surface area contributed by atoms with E-state index in [9.17, 15) is 8.42 Å². The van der Waals surface area contributed by atoms with Gasteiger partial charge in [-0.15, -0.1) is 11.6 Å². The smallest absolute Gasteiger partial charge is 0.211 e. The molecule has 0 saturated heterocycles. The molecule has 0 aromatic carbocycles. The van der Waals surface area contributed by atoms with Gasteiger partial charge in [0, 0.05) is 32.1 Å². The van der Waals surface area contributed by atoms with Crippen LogP contribution in [0.4, 0.5) is 0 Å². The Hall–Kier alpha value is 0.120. The minimum Gasteiger partial charge on any atom is -0.384 e. The van der Waals surface area contributed by atoms with E-state index in [0.717, 1.165) is 13.0 Å². The van der Waals surface area contributed by atoms with Crippen molar-refractivity contribution in [1.29, 1.82) is 0 Å². The van der Waals surface area contributed by atoms with Crippen LogP contribution in [-0.4, -0.2) is 53.5 Å². The number of unbranched alkanes of at least 4 members (excludes halogenated alkanes) is 13. The highest BCUT2D eigenvalue weighted by atomic mass is 35.5. The van der Waals surface area contributed by atoms with Crippen molar-refractivity contribution in [3.8, 4) is 0 Å². The molecule has 0 aliphatic rings. The molecule has 1 atom stereocenters. The average molecular weight is 484 g/mol. The third-order valence-electron chi connectivity index (χ3n) is 5.54. The van der Waals surface area contributed by atoms with Gasteiger partial charge in [0.25, 0.3) is 0 Å². The van der Waals surface area contributed by atoms with Gasteiger partial charge in [0.2, 0.25) is 10.0 Å². The molecule has 0 fully saturated rings. The highest BCUT2D eigenvalue weighted by molar-refractivity contribution is 7.89. The predicted molar refractivity (Wildman–Crippen MR) is 134 cm³/mol. The van der Waals surface area contributed by atoms with Crippen molar-refractivity contribution in [3.05, 3.63) is 0 Å². The van der Waals surface area contributed by atoms with Gasteiger partial charge >= 0.3 is 0 Å². The summed E-state index contributed by atoms with van der Waals surface area (Å²) in [6.07, 6.45) is 19.3. The number of hydrogen-bond acceptors (Lipinski definition) is 4. The van der Waals surface area contributed by atoms with Gasteiger partial charge in [-0.25, -0.2) is 13.1 Å². The number of hydrogen-bond donors (Lipinski definition) is 1. The SMILES string of the molecule is CCCCCCCCCCCCCCCCOCC(CNS(=O)(=O)CCCCl)COC. The van der Waals surface area contributed by atoms with Crippen molar-refractivity contribution < 1.29 is 17.9 Å². The highest BCUT2D eigenvalue weighted by Crippen LogP contribution is 2.13. The first-order valence-electron chi connectivity index (χ1n) is 12.7. The standard InChI is InChI=1S/C24H50ClNO4S/c1-3-4-5-6-7-8-9-10-11-12-13-14-15-16-19-30-23-24(22-29-2)21-26-31(27,28)20-17-18-25/h24,26H,3-23H2,1-2H3. The molecule has 5 nitrogen and oxygen atoms in total. The van der Waals surface area contributed by atoms with Crippen molar-refractivity contribution in [2.24, 2.45) is 5.92 Å². The molecular weight excluding hydrogens is 434 g/mol. The van der Waals surface area contributed by atoms with Gasteiger partial charge in [-0.3, -0.25) is 0 Å². The van der Waals surface area contributed by atoms with Gasteiger partial charge < -0.3 is 9.47 Å². The first-order valence-corrected chi connectivity index (χ1v) is 14.8. The summed E-state index contributed by atoms with van der Waals surface area (Å²) < 4.78 is 37.3. The van der Waals surface area contributed by atoms with E-state index in [1.54, 1.807) is 7.11 Å². The van der Waals surface area contributed by atoms with Gasteiger partial charge in [0.15, 0.2) is 0 Å². The van der Waals surface area contributed by atoms with E-state index in [-0.39, 0.29) is 11.7 Å². The van der Waals surface area contributed by atoms with Crippen LogP contribution >= 0.6 is 11.6 Å². The van der Waals surface area contributed by atoms with Crippen LogP contribution in [0.2, 0.25) is 0 Å². The summed E-state index contributed by atoms with van der Waals surface area (Å²) in [5, 5.41) is 0. The second-order valence-electron chi connectivity index (χ2n) is 8.70. The van der Waals surface area contributed by atoms with Crippen LogP contribution in [0.3, 0.4) is 0 Å². The summed E-state index contributed by atoms with van der Waals surface area (Å²) in [4.78, 5) is 0. The lowest BCUT2D eigenvalue weighted by atomic mass is 10.0. The molecule has 1 unspecified atom stereocenters. The molecule has 188 valence electrons. The van der Waals surface area contributed by atoms with E-state index in [4.69, 9.17) is 21.1 Å². The number of ether oxygens (including phenoxy) is 2. The molecule has 0 radical (unpaired) electrons. The molecule has 0 heterocycles. The number of alkyl halides is 1. The van der Waals surface area contributed by atoms with Crippen LogP contribution < -0.4 is 4.72 Å². The Morgan fingerprint density at radius 1 is 0.774 bits per heavy atom. The first-order chi connectivity index (χ1) is 15.1. The van der Waals surface area contributed by atoms with Crippen molar-refractivity contribution >= 4 is 21.6 Å². The summed E-state index contributed by atoms with van der Waals surface area (Å²) in [6, 6.07) is 0. The lowest BCUT2D eigenvalue weighted by Crippen LogP contribution is -2.35. The number of rotatable bonds is 25. The lowest BCUT2D eigenvalue weighted by Gasteiger charge is -2.17. The Bertz CT molecular complexity index is 462. The van der Waals surface area contributed by atoms with Crippen LogP contribution in [0, 0.1) is 5.92 Å². The van der Waals surface area contributed by atoms with Gasteiger partial charge in [-0.1, -0.05) is 90.4 Å². The van der Waals surface area contributed by atoms with Gasteiger partial charge in [0.05, 0.1) is 19.0 Å². The number of sulfonamides is 1. The molecule has 7 heteroatoms. The molecule has 0 aliphatic carbocycles. The molecule has 31 heavy (non-hydrogen) atoms. The fourth-order valence-corrected chi connectivity index (χ4v) is 5.06. The average Bonchev–Trinajstić information content (AvgIpc) is 2.75. The molecule has 0 aromatic rings. The summed E-state index contributed by atoms with van der Waals surface area (Å²) in [6.45, 7) is 4.35. The summed E-state index contributed by atoms with van der Waals surface area (Å²) in [7, 11) is -1.64. The van der Waals surface area contributed by atoms with E-state index < -0.39 is 10.0 Å². The Morgan fingerprint density at radius 2 is 1.29 bits per heavy atom. The van der Waals surface area contributed by atoms with E-state index in [1.807, 2.05) is 0 Å². The second-order valence-corrected chi connectivity index (χ2v) is 11.0. The normalized spacial score (nSPS) is 13.0. The molecule has 0 spiro atoms. The van der Waals surface area contributed by atoms with Crippen LogP contribution in [0.15, 0.2) is 0 Å². The van der Waals surface area contributed by atoms with Crippen molar-refractivity contribution in [1.82, 2.24) is 4.72 Å². The first kappa shape index (κ1) is 31.1. The maximum absolute atomic E-state index is 11.9. The third-order valence-corrected chi connectivity index (χ3v) is 7.24. The third kappa shape index (κ3) is 23.1. The molecule has 0 rings (SSSR count). The summed E-state index contributed by atoms with van der Waals surface area (Å²) in [5.74, 6) is 0.448.